The summed E-state index contributed by atoms with van der Waals surface area (Å²) in [6.45, 7) is 3.32. The van der Waals surface area contributed by atoms with E-state index in [9.17, 15) is 9.59 Å². The van der Waals surface area contributed by atoms with Gasteiger partial charge in [-0.2, -0.15) is 0 Å². The van der Waals surface area contributed by atoms with E-state index in [2.05, 4.69) is 20.8 Å². The number of anilines is 3. The zero-order valence-corrected chi connectivity index (χ0v) is 17.1. The van der Waals surface area contributed by atoms with Crippen LogP contribution in [0.5, 0.6) is 5.75 Å². The fourth-order valence-corrected chi connectivity index (χ4v) is 3.38. The molecule has 1 amide bonds. The van der Waals surface area contributed by atoms with Crippen LogP contribution < -0.4 is 26.2 Å². The minimum atomic E-state index is -0.396. The number of carbonyl (C=O) groups is 2. The third-order valence-electron chi connectivity index (χ3n) is 4.85. The number of methoxy groups -OCH3 is 1. The fraction of sp³-hybridized carbons (Fsp3) is 0.400. The van der Waals surface area contributed by atoms with Gasteiger partial charge in [0.2, 0.25) is 0 Å². The van der Waals surface area contributed by atoms with Crippen LogP contribution in [0.15, 0.2) is 30.6 Å². The van der Waals surface area contributed by atoms with Crippen LogP contribution in [0.1, 0.15) is 30.1 Å². The molecule has 160 valence electrons. The van der Waals surface area contributed by atoms with Gasteiger partial charge in [-0.1, -0.05) is 12.1 Å². The van der Waals surface area contributed by atoms with E-state index in [1.165, 1.54) is 13.4 Å². The second kappa shape index (κ2) is 9.77. The summed E-state index contributed by atoms with van der Waals surface area (Å²) in [6.07, 6.45) is 2.94. The Morgan fingerprint density at radius 1 is 1.30 bits per heavy atom. The van der Waals surface area contributed by atoms with E-state index in [1.54, 1.807) is 31.2 Å². The molecule has 1 unspecified atom stereocenters. The van der Waals surface area contributed by atoms with E-state index in [0.717, 1.165) is 12.8 Å². The average Bonchev–Trinajstić information content (AvgIpc) is 2.78. The number of nitrogens with two attached hydrogens (primary N) is 1. The maximum atomic E-state index is 12.5. The van der Waals surface area contributed by atoms with Crippen molar-refractivity contribution in [3.05, 3.63) is 36.2 Å². The Hall–Kier alpha value is -3.56. The number of hydrazine groups is 1. The second-order valence-corrected chi connectivity index (χ2v) is 6.78. The summed E-state index contributed by atoms with van der Waals surface area (Å²) in [5.41, 5.74) is 12.2. The molecule has 0 bridgehead atoms. The molecule has 1 aromatic carbocycles. The number of hydrogen-bond acceptors (Lipinski definition) is 9. The van der Waals surface area contributed by atoms with Gasteiger partial charge in [0.15, 0.2) is 11.6 Å². The molecule has 1 aromatic heterocycles. The van der Waals surface area contributed by atoms with E-state index in [0.29, 0.717) is 36.8 Å². The lowest BCUT2D eigenvalue weighted by atomic mass is 9.98. The molecule has 0 radical (unpaired) electrons. The molecule has 1 aliphatic rings. The molecule has 2 heterocycles. The number of carbonyl (C=O) groups excluding carboxylic acids is 2. The molecule has 1 aliphatic heterocycles. The first kappa shape index (κ1) is 21.2. The van der Waals surface area contributed by atoms with Crippen molar-refractivity contribution in [1.29, 1.82) is 0 Å². The number of amides is 1. The summed E-state index contributed by atoms with van der Waals surface area (Å²) < 4.78 is 10.3. The zero-order valence-electron chi connectivity index (χ0n) is 17.1. The molecular weight excluding hydrogens is 388 g/mol. The topological polar surface area (TPSA) is 132 Å². The number of esters is 1. The molecule has 10 nitrogen and oxygen atoms in total. The van der Waals surface area contributed by atoms with Gasteiger partial charge in [-0.3, -0.25) is 20.4 Å². The van der Waals surface area contributed by atoms with Gasteiger partial charge in [0, 0.05) is 13.1 Å². The van der Waals surface area contributed by atoms with Crippen LogP contribution in [0.2, 0.25) is 0 Å². The molecule has 2 aromatic rings. The molecule has 4 N–H and O–H groups in total. The maximum absolute atomic E-state index is 12.5. The summed E-state index contributed by atoms with van der Waals surface area (Å²) >= 11 is 0. The summed E-state index contributed by atoms with van der Waals surface area (Å²) in [4.78, 5) is 34.9. The molecule has 0 saturated carbocycles. The van der Waals surface area contributed by atoms with Gasteiger partial charge in [-0.25, -0.2) is 9.97 Å². The second-order valence-electron chi connectivity index (χ2n) is 6.78. The zero-order chi connectivity index (χ0) is 21.5. The van der Waals surface area contributed by atoms with Crippen molar-refractivity contribution in [3.8, 4) is 5.75 Å². The van der Waals surface area contributed by atoms with Gasteiger partial charge in [-0.05, 0) is 31.9 Å². The highest BCUT2D eigenvalue weighted by atomic mass is 16.5. The Balaban J connectivity index is 1.70. The molecule has 1 saturated heterocycles. The summed E-state index contributed by atoms with van der Waals surface area (Å²) in [5, 5.41) is 0. The van der Waals surface area contributed by atoms with Crippen molar-refractivity contribution < 1.29 is 19.1 Å². The Kier molecular flexibility index (Phi) is 6.89. The third-order valence-corrected chi connectivity index (χ3v) is 4.85. The lowest BCUT2D eigenvalue weighted by Crippen LogP contribution is -2.40. The Morgan fingerprint density at radius 3 is 2.87 bits per heavy atom. The van der Waals surface area contributed by atoms with Crippen LogP contribution in [0.4, 0.5) is 17.3 Å². The molecule has 0 aliphatic carbocycles. The van der Waals surface area contributed by atoms with Gasteiger partial charge in [-0.15, -0.1) is 0 Å². The van der Waals surface area contributed by atoms with Gasteiger partial charge >= 0.3 is 5.97 Å². The van der Waals surface area contributed by atoms with Crippen molar-refractivity contribution in [2.75, 3.05) is 42.9 Å². The Bertz CT molecular complexity index is 907. The normalized spacial score (nSPS) is 15.9. The van der Waals surface area contributed by atoms with Crippen molar-refractivity contribution in [1.82, 2.24) is 15.4 Å². The van der Waals surface area contributed by atoms with Gasteiger partial charge in [0.05, 0.1) is 25.2 Å². The number of nitrogens with zero attached hydrogens (tertiary/aromatic N) is 3. The third kappa shape index (κ3) is 4.70. The smallest absolute Gasteiger partial charge is 0.310 e. The lowest BCUT2D eigenvalue weighted by Gasteiger charge is -2.33. The maximum Gasteiger partial charge on any atom is 0.310 e. The standard InChI is InChI=1S/C20H26N6O4/c1-3-30-20(28)13-7-6-10-26(11-13)18-16(21)17(22-12-23-18)24-25-19(27)14-8-4-5-9-15(14)29-2/h4-5,8-9,12-13H,3,6-7,10-11,21H2,1-2H3,(H,25,27)(H,22,23,24). The SMILES string of the molecule is CCOC(=O)C1CCCN(c2ncnc(NNC(=O)c3ccccc3OC)c2N)C1. The predicted octanol–water partition coefficient (Wildman–Crippen LogP) is 1.60. The van der Waals surface area contributed by atoms with Crippen LogP contribution in [0.3, 0.4) is 0 Å². The highest BCUT2D eigenvalue weighted by Gasteiger charge is 2.29. The van der Waals surface area contributed by atoms with Crippen LogP contribution in [-0.4, -0.2) is 48.7 Å². The minimum absolute atomic E-state index is 0.211. The number of aromatic nitrogens is 2. The average molecular weight is 414 g/mol. The largest absolute Gasteiger partial charge is 0.496 e. The first-order valence-corrected chi connectivity index (χ1v) is 9.76. The number of nitrogen functional groups attached to an aromatic ring is 1. The van der Waals surface area contributed by atoms with E-state index in [1.807, 2.05) is 4.90 Å². The van der Waals surface area contributed by atoms with Crippen LogP contribution in [0, 0.1) is 5.92 Å². The summed E-state index contributed by atoms with van der Waals surface area (Å²) in [5.74, 6) is 0.389. The minimum Gasteiger partial charge on any atom is -0.496 e. The number of rotatable bonds is 7. The number of para-hydroxylation sites is 1. The van der Waals surface area contributed by atoms with E-state index < -0.39 is 5.91 Å². The van der Waals surface area contributed by atoms with E-state index >= 15 is 0 Å². The molecule has 10 heteroatoms. The fourth-order valence-electron chi connectivity index (χ4n) is 3.38. The van der Waals surface area contributed by atoms with Gasteiger partial charge < -0.3 is 20.1 Å². The molecule has 1 fully saturated rings. The van der Waals surface area contributed by atoms with E-state index in [-0.39, 0.29) is 23.4 Å². The number of ether oxygens (including phenoxy) is 2. The number of hydrogen-bond donors (Lipinski definition) is 3. The van der Waals surface area contributed by atoms with Gasteiger partial charge in [0.25, 0.3) is 5.91 Å². The molecule has 30 heavy (non-hydrogen) atoms. The lowest BCUT2D eigenvalue weighted by molar-refractivity contribution is -0.148. The quantitative estimate of drug-likeness (QED) is 0.456. The first-order chi connectivity index (χ1) is 14.5. The van der Waals surface area contributed by atoms with Crippen molar-refractivity contribution >= 4 is 29.2 Å². The predicted molar refractivity (Wildman–Crippen MR) is 112 cm³/mol. The highest BCUT2D eigenvalue weighted by Crippen LogP contribution is 2.30. The molecule has 0 spiro atoms. The van der Waals surface area contributed by atoms with Gasteiger partial charge in [0.1, 0.15) is 17.8 Å². The first-order valence-electron chi connectivity index (χ1n) is 9.76. The van der Waals surface area contributed by atoms with Crippen LogP contribution >= 0.6 is 0 Å². The molecule has 3 rings (SSSR count). The Morgan fingerprint density at radius 2 is 2.10 bits per heavy atom. The Labute approximate surface area is 174 Å². The number of piperidine rings is 1. The van der Waals surface area contributed by atoms with E-state index in [4.69, 9.17) is 15.2 Å². The highest BCUT2D eigenvalue weighted by molar-refractivity contribution is 5.97. The molecular formula is C20H26N6O4. The monoisotopic (exact) mass is 414 g/mol. The van der Waals surface area contributed by atoms with Crippen molar-refractivity contribution in [2.24, 2.45) is 5.92 Å². The van der Waals surface area contributed by atoms with Crippen LogP contribution in [0.25, 0.3) is 0 Å². The number of nitrogens with one attached hydrogen (secondary N) is 2. The molecule has 1 atom stereocenters. The summed E-state index contributed by atoms with van der Waals surface area (Å²) in [6, 6.07) is 6.86. The van der Waals surface area contributed by atoms with Crippen LogP contribution in [-0.2, 0) is 9.53 Å². The van der Waals surface area contributed by atoms with Crippen molar-refractivity contribution in [2.45, 2.75) is 19.8 Å². The number of benzene rings is 1. The van der Waals surface area contributed by atoms with Crippen molar-refractivity contribution in [3.63, 3.8) is 0 Å². The summed E-state index contributed by atoms with van der Waals surface area (Å²) in [7, 11) is 1.50.